The summed E-state index contributed by atoms with van der Waals surface area (Å²) < 4.78 is 12.5. The lowest BCUT2D eigenvalue weighted by molar-refractivity contribution is 0.0948. The molecule has 0 saturated carbocycles. The Morgan fingerprint density at radius 2 is 1.96 bits per heavy atom. The molecule has 0 spiro atoms. The van der Waals surface area contributed by atoms with Gasteiger partial charge in [0.1, 0.15) is 5.82 Å². The van der Waals surface area contributed by atoms with Crippen LogP contribution in [0.3, 0.4) is 0 Å². The van der Waals surface area contributed by atoms with E-state index in [0.29, 0.717) is 23.7 Å². The lowest BCUT2D eigenvalue weighted by Crippen LogP contribution is -2.23. The van der Waals surface area contributed by atoms with Crippen LogP contribution in [-0.4, -0.2) is 29.5 Å². The van der Waals surface area contributed by atoms with E-state index in [1.54, 1.807) is 14.2 Å². The SMILES string of the molecule is CCc1nc(C(=O)NCc2ccc(OC)c(OC)c2)c2ccccn12. The van der Waals surface area contributed by atoms with Gasteiger partial charge in [-0.05, 0) is 29.8 Å². The second-order valence-corrected chi connectivity index (χ2v) is 5.56. The number of hydrogen-bond donors (Lipinski definition) is 1. The number of amides is 1. The minimum atomic E-state index is -0.196. The van der Waals surface area contributed by atoms with E-state index in [4.69, 9.17) is 9.47 Å². The first-order valence-corrected chi connectivity index (χ1v) is 8.13. The first-order chi connectivity index (χ1) is 12.2. The highest BCUT2D eigenvalue weighted by Gasteiger charge is 2.16. The maximum Gasteiger partial charge on any atom is 0.272 e. The van der Waals surface area contributed by atoms with E-state index in [0.717, 1.165) is 23.3 Å². The van der Waals surface area contributed by atoms with Gasteiger partial charge in [0, 0.05) is 19.2 Å². The number of nitrogens with one attached hydrogen (secondary N) is 1. The van der Waals surface area contributed by atoms with Gasteiger partial charge in [-0.25, -0.2) is 4.98 Å². The monoisotopic (exact) mass is 339 g/mol. The lowest BCUT2D eigenvalue weighted by atomic mass is 10.2. The zero-order valence-corrected chi connectivity index (χ0v) is 14.6. The quantitative estimate of drug-likeness (QED) is 0.750. The number of ether oxygens (including phenoxy) is 2. The van der Waals surface area contributed by atoms with Crippen LogP contribution in [0.5, 0.6) is 11.5 Å². The highest BCUT2D eigenvalue weighted by Crippen LogP contribution is 2.27. The smallest absolute Gasteiger partial charge is 0.272 e. The van der Waals surface area contributed by atoms with Gasteiger partial charge in [-0.15, -0.1) is 0 Å². The van der Waals surface area contributed by atoms with Crippen LogP contribution in [0.1, 0.15) is 28.8 Å². The van der Waals surface area contributed by atoms with E-state index in [1.807, 2.05) is 53.9 Å². The molecule has 0 saturated heterocycles. The van der Waals surface area contributed by atoms with E-state index < -0.39 is 0 Å². The summed E-state index contributed by atoms with van der Waals surface area (Å²) in [6, 6.07) is 11.3. The number of benzene rings is 1. The van der Waals surface area contributed by atoms with Crippen LogP contribution < -0.4 is 14.8 Å². The molecular weight excluding hydrogens is 318 g/mol. The zero-order chi connectivity index (χ0) is 17.8. The fourth-order valence-corrected chi connectivity index (χ4v) is 2.77. The number of aromatic nitrogens is 2. The van der Waals surface area contributed by atoms with Gasteiger partial charge in [-0.2, -0.15) is 0 Å². The Labute approximate surface area is 146 Å². The Balaban J connectivity index is 1.79. The normalized spacial score (nSPS) is 10.7. The van der Waals surface area contributed by atoms with Crippen LogP contribution in [0.25, 0.3) is 5.52 Å². The highest BCUT2D eigenvalue weighted by molar-refractivity contribution is 5.99. The van der Waals surface area contributed by atoms with Crippen molar-refractivity contribution >= 4 is 11.4 Å². The van der Waals surface area contributed by atoms with Gasteiger partial charge in [0.05, 0.1) is 19.7 Å². The Hall–Kier alpha value is -3.02. The third-order valence-electron chi connectivity index (χ3n) is 4.05. The molecule has 130 valence electrons. The van der Waals surface area contributed by atoms with E-state index in [9.17, 15) is 4.79 Å². The number of imidazole rings is 1. The van der Waals surface area contributed by atoms with Crippen LogP contribution in [0.2, 0.25) is 0 Å². The molecule has 0 aliphatic rings. The van der Waals surface area contributed by atoms with E-state index in [1.165, 1.54) is 0 Å². The minimum absolute atomic E-state index is 0.196. The number of carbonyl (C=O) groups is 1. The summed E-state index contributed by atoms with van der Waals surface area (Å²) in [5.41, 5.74) is 2.17. The Kier molecular flexibility index (Phi) is 4.88. The summed E-state index contributed by atoms with van der Waals surface area (Å²) in [5, 5.41) is 2.92. The average molecular weight is 339 g/mol. The number of fused-ring (bicyclic) bond motifs is 1. The summed E-state index contributed by atoms with van der Waals surface area (Å²) in [7, 11) is 3.18. The van der Waals surface area contributed by atoms with Crippen molar-refractivity contribution in [3.05, 3.63) is 59.7 Å². The van der Waals surface area contributed by atoms with E-state index >= 15 is 0 Å². The molecule has 0 aliphatic carbocycles. The average Bonchev–Trinajstić information content (AvgIpc) is 3.04. The molecule has 25 heavy (non-hydrogen) atoms. The molecule has 0 radical (unpaired) electrons. The van der Waals surface area contributed by atoms with Crippen molar-refractivity contribution < 1.29 is 14.3 Å². The summed E-state index contributed by atoms with van der Waals surface area (Å²) in [6.07, 6.45) is 2.68. The van der Waals surface area contributed by atoms with Crippen LogP contribution in [0.4, 0.5) is 0 Å². The first kappa shape index (κ1) is 16.8. The second-order valence-electron chi connectivity index (χ2n) is 5.56. The van der Waals surface area contributed by atoms with Crippen molar-refractivity contribution in [3.8, 4) is 11.5 Å². The molecular formula is C19H21N3O3. The number of methoxy groups -OCH3 is 2. The number of carbonyl (C=O) groups excluding carboxylic acids is 1. The molecule has 3 rings (SSSR count). The van der Waals surface area contributed by atoms with Gasteiger partial charge in [0.25, 0.3) is 5.91 Å². The van der Waals surface area contributed by atoms with Gasteiger partial charge in [-0.1, -0.05) is 19.1 Å². The molecule has 3 aromatic rings. The number of hydrogen-bond acceptors (Lipinski definition) is 4. The summed E-state index contributed by atoms with van der Waals surface area (Å²) in [5.74, 6) is 1.96. The van der Waals surface area contributed by atoms with Gasteiger partial charge < -0.3 is 19.2 Å². The molecule has 0 fully saturated rings. The number of pyridine rings is 1. The van der Waals surface area contributed by atoms with Crippen LogP contribution in [-0.2, 0) is 13.0 Å². The van der Waals surface area contributed by atoms with Crippen LogP contribution in [0, 0.1) is 0 Å². The van der Waals surface area contributed by atoms with Gasteiger partial charge in [0.15, 0.2) is 17.2 Å². The Bertz CT molecular complexity index is 902. The van der Waals surface area contributed by atoms with Crippen molar-refractivity contribution in [2.24, 2.45) is 0 Å². The van der Waals surface area contributed by atoms with Crippen molar-refractivity contribution in [1.82, 2.24) is 14.7 Å². The molecule has 1 N–H and O–H groups in total. The summed E-state index contributed by atoms with van der Waals surface area (Å²) in [4.78, 5) is 17.1. The van der Waals surface area contributed by atoms with Crippen molar-refractivity contribution in [2.75, 3.05) is 14.2 Å². The predicted octanol–water partition coefficient (Wildman–Crippen LogP) is 2.84. The molecule has 0 bridgehead atoms. The number of aryl methyl sites for hydroxylation is 1. The third-order valence-corrected chi connectivity index (χ3v) is 4.05. The Morgan fingerprint density at radius 3 is 2.68 bits per heavy atom. The topological polar surface area (TPSA) is 64.9 Å². The molecule has 0 atom stereocenters. The zero-order valence-electron chi connectivity index (χ0n) is 14.6. The molecule has 6 nitrogen and oxygen atoms in total. The van der Waals surface area contributed by atoms with Gasteiger partial charge in [-0.3, -0.25) is 4.79 Å². The maximum absolute atomic E-state index is 12.6. The van der Waals surface area contributed by atoms with E-state index in [2.05, 4.69) is 10.3 Å². The van der Waals surface area contributed by atoms with E-state index in [-0.39, 0.29) is 5.91 Å². The first-order valence-electron chi connectivity index (χ1n) is 8.13. The van der Waals surface area contributed by atoms with Crippen molar-refractivity contribution in [2.45, 2.75) is 19.9 Å². The highest BCUT2D eigenvalue weighted by atomic mass is 16.5. The molecule has 1 amide bonds. The Morgan fingerprint density at radius 1 is 1.16 bits per heavy atom. The second kappa shape index (κ2) is 7.25. The molecule has 1 aromatic carbocycles. The van der Waals surface area contributed by atoms with Crippen molar-refractivity contribution in [1.29, 1.82) is 0 Å². The fraction of sp³-hybridized carbons (Fsp3) is 0.263. The lowest BCUT2D eigenvalue weighted by Gasteiger charge is -2.10. The van der Waals surface area contributed by atoms with Crippen LogP contribution in [0.15, 0.2) is 42.6 Å². The standard InChI is InChI=1S/C19H21N3O3/c1-4-17-21-18(14-7-5-6-10-22(14)17)19(23)20-12-13-8-9-15(24-2)16(11-13)25-3/h5-11H,4,12H2,1-3H3,(H,20,23). The molecule has 2 heterocycles. The number of rotatable bonds is 6. The van der Waals surface area contributed by atoms with Crippen molar-refractivity contribution in [3.63, 3.8) is 0 Å². The number of nitrogens with zero attached hydrogens (tertiary/aromatic N) is 2. The third kappa shape index (κ3) is 3.28. The fourth-order valence-electron chi connectivity index (χ4n) is 2.77. The molecule has 2 aromatic heterocycles. The largest absolute Gasteiger partial charge is 0.493 e. The van der Waals surface area contributed by atoms with Crippen LogP contribution >= 0.6 is 0 Å². The molecule has 0 unspecified atom stereocenters. The van der Waals surface area contributed by atoms with Gasteiger partial charge >= 0.3 is 0 Å². The summed E-state index contributed by atoms with van der Waals surface area (Å²) >= 11 is 0. The predicted molar refractivity (Wildman–Crippen MR) is 95.3 cm³/mol. The summed E-state index contributed by atoms with van der Waals surface area (Å²) in [6.45, 7) is 2.40. The van der Waals surface area contributed by atoms with Gasteiger partial charge in [0.2, 0.25) is 0 Å². The maximum atomic E-state index is 12.6. The minimum Gasteiger partial charge on any atom is -0.493 e. The molecule has 0 aliphatic heterocycles. The molecule has 6 heteroatoms.